The van der Waals surface area contributed by atoms with Gasteiger partial charge in [0.25, 0.3) is 15.9 Å². The minimum absolute atomic E-state index is 0.0445. The van der Waals surface area contributed by atoms with E-state index in [2.05, 4.69) is 20.8 Å². The molecule has 0 bridgehead atoms. The number of sulfonamides is 1. The van der Waals surface area contributed by atoms with E-state index in [1.54, 1.807) is 36.4 Å². The van der Waals surface area contributed by atoms with Crippen LogP contribution in [0.2, 0.25) is 0 Å². The fourth-order valence-corrected chi connectivity index (χ4v) is 4.82. The summed E-state index contributed by atoms with van der Waals surface area (Å²) < 4.78 is 33.5. The zero-order chi connectivity index (χ0) is 23.4. The van der Waals surface area contributed by atoms with Crippen molar-refractivity contribution < 1.29 is 17.9 Å². The molecule has 0 spiro atoms. The van der Waals surface area contributed by atoms with Crippen LogP contribution >= 0.6 is 0 Å². The minimum Gasteiger partial charge on any atom is -0.483 e. The highest BCUT2D eigenvalue weighted by Gasteiger charge is 2.31. The second-order valence-electron chi connectivity index (χ2n) is 8.53. The largest absolute Gasteiger partial charge is 0.483 e. The number of hydrogen-bond donors (Lipinski definition) is 0. The molecule has 0 saturated heterocycles. The molecule has 0 N–H and O–H groups in total. The topological polar surface area (TPSA) is 63.7 Å². The number of para-hydroxylation sites is 1. The summed E-state index contributed by atoms with van der Waals surface area (Å²) in [6.45, 7) is 7.77. The first-order valence-electron chi connectivity index (χ1n) is 10.6. The third-order valence-corrected chi connectivity index (χ3v) is 6.90. The Labute approximate surface area is 190 Å². The molecule has 168 valence electrons. The van der Waals surface area contributed by atoms with Crippen LogP contribution in [0.5, 0.6) is 5.75 Å². The smallest absolute Gasteiger partial charge is 0.278 e. The van der Waals surface area contributed by atoms with E-state index >= 15 is 0 Å². The number of anilines is 1. The number of aryl methyl sites for hydroxylation is 1. The monoisotopic (exact) mass is 451 g/mol. The minimum atomic E-state index is -4.11. The summed E-state index contributed by atoms with van der Waals surface area (Å²) in [5, 5.41) is 0. The second kappa shape index (κ2) is 9.57. The number of nitrogens with zero attached hydrogens (tertiary/aromatic N) is 1. The van der Waals surface area contributed by atoms with Gasteiger partial charge in [-0.05, 0) is 53.3 Å². The van der Waals surface area contributed by atoms with E-state index in [1.807, 2.05) is 37.3 Å². The molecule has 0 fully saturated rings. The number of benzene rings is 3. The summed E-state index contributed by atoms with van der Waals surface area (Å²) in [4.78, 5) is 13.3. The van der Waals surface area contributed by atoms with Crippen LogP contribution in [0.25, 0.3) is 0 Å². The number of ether oxygens (including phenoxy) is 1. The van der Waals surface area contributed by atoms with Crippen LogP contribution in [-0.4, -0.2) is 20.9 Å². The summed E-state index contributed by atoms with van der Waals surface area (Å²) in [5.74, 6) is -0.103. The van der Waals surface area contributed by atoms with E-state index in [9.17, 15) is 13.2 Å². The van der Waals surface area contributed by atoms with E-state index in [4.69, 9.17) is 4.74 Å². The molecular weight excluding hydrogens is 422 g/mol. The number of amides is 1. The lowest BCUT2D eigenvalue weighted by atomic mass is 9.86. The molecule has 0 heterocycles. The third-order valence-electron chi connectivity index (χ3n) is 5.13. The van der Waals surface area contributed by atoms with Crippen LogP contribution < -0.4 is 9.04 Å². The van der Waals surface area contributed by atoms with Gasteiger partial charge in [0.05, 0.1) is 10.6 Å². The Kier molecular flexibility index (Phi) is 7.04. The zero-order valence-corrected chi connectivity index (χ0v) is 19.7. The van der Waals surface area contributed by atoms with Crippen molar-refractivity contribution in [3.63, 3.8) is 0 Å². The van der Waals surface area contributed by atoms with Crippen molar-refractivity contribution in [3.05, 3.63) is 90.0 Å². The third kappa shape index (κ3) is 5.19. The van der Waals surface area contributed by atoms with E-state index < -0.39 is 22.5 Å². The number of carbonyl (C=O) groups excluding carboxylic acids is 1. The summed E-state index contributed by atoms with van der Waals surface area (Å²) in [6, 6.07) is 22.4. The predicted octanol–water partition coefficient (Wildman–Crippen LogP) is 5.35. The van der Waals surface area contributed by atoms with Gasteiger partial charge in [-0.1, -0.05) is 76.2 Å². The van der Waals surface area contributed by atoms with Crippen LogP contribution in [0, 0.1) is 0 Å². The lowest BCUT2D eigenvalue weighted by Gasteiger charge is -2.25. The highest BCUT2D eigenvalue weighted by atomic mass is 32.2. The molecule has 3 aromatic carbocycles. The van der Waals surface area contributed by atoms with Gasteiger partial charge < -0.3 is 4.74 Å². The molecule has 0 aliphatic carbocycles. The maximum absolute atomic E-state index is 13.4. The van der Waals surface area contributed by atoms with Crippen molar-refractivity contribution in [1.82, 2.24) is 0 Å². The van der Waals surface area contributed by atoms with E-state index in [0.29, 0.717) is 5.75 Å². The fraction of sp³-hybridized carbons (Fsp3) is 0.269. The Morgan fingerprint density at radius 3 is 2.06 bits per heavy atom. The van der Waals surface area contributed by atoms with Gasteiger partial charge in [-0.15, -0.1) is 0 Å². The van der Waals surface area contributed by atoms with Crippen molar-refractivity contribution in [2.75, 3.05) is 10.9 Å². The molecule has 6 heteroatoms. The van der Waals surface area contributed by atoms with Gasteiger partial charge in [0.2, 0.25) is 0 Å². The van der Waals surface area contributed by atoms with E-state index in [-0.39, 0.29) is 16.0 Å². The van der Waals surface area contributed by atoms with Crippen molar-refractivity contribution in [2.45, 2.75) is 44.4 Å². The maximum Gasteiger partial charge on any atom is 0.278 e. The average molecular weight is 452 g/mol. The molecule has 0 aliphatic rings. The molecule has 3 aromatic rings. The summed E-state index contributed by atoms with van der Waals surface area (Å²) >= 11 is 0. The normalized spacial score (nSPS) is 11.8. The molecule has 3 rings (SSSR count). The van der Waals surface area contributed by atoms with Crippen LogP contribution in [-0.2, 0) is 26.7 Å². The summed E-state index contributed by atoms with van der Waals surface area (Å²) in [7, 11) is -4.11. The molecule has 0 unspecified atom stereocenters. The SMILES string of the molecule is CCc1ccc(N(C(=O)COc2ccccc2C(C)(C)C)S(=O)(=O)c2ccccc2)cc1. The van der Waals surface area contributed by atoms with Crippen molar-refractivity contribution >= 4 is 21.6 Å². The van der Waals surface area contributed by atoms with Gasteiger partial charge in [-0.2, -0.15) is 4.31 Å². The highest BCUT2D eigenvalue weighted by Crippen LogP contribution is 2.31. The van der Waals surface area contributed by atoms with Gasteiger partial charge in [-0.3, -0.25) is 4.79 Å². The lowest BCUT2D eigenvalue weighted by Crippen LogP contribution is -2.40. The highest BCUT2D eigenvalue weighted by molar-refractivity contribution is 7.93. The Bertz CT molecular complexity index is 1160. The first kappa shape index (κ1) is 23.5. The molecule has 0 atom stereocenters. The second-order valence-corrected chi connectivity index (χ2v) is 10.3. The Balaban J connectivity index is 1.96. The molecular formula is C26H29NO4S. The number of rotatable bonds is 7. The average Bonchev–Trinajstić information content (AvgIpc) is 2.78. The Morgan fingerprint density at radius 1 is 0.875 bits per heavy atom. The molecule has 0 saturated carbocycles. The van der Waals surface area contributed by atoms with Crippen LogP contribution in [0.3, 0.4) is 0 Å². The van der Waals surface area contributed by atoms with Crippen molar-refractivity contribution in [3.8, 4) is 5.75 Å². The van der Waals surface area contributed by atoms with Crippen molar-refractivity contribution in [2.24, 2.45) is 0 Å². The lowest BCUT2D eigenvalue weighted by molar-refractivity contribution is -0.119. The summed E-state index contributed by atoms with van der Waals surface area (Å²) in [5.41, 5.74) is 2.08. The van der Waals surface area contributed by atoms with E-state index in [0.717, 1.165) is 21.9 Å². The fourth-order valence-electron chi connectivity index (χ4n) is 3.39. The summed E-state index contributed by atoms with van der Waals surface area (Å²) in [6.07, 6.45) is 0.812. The van der Waals surface area contributed by atoms with Gasteiger partial charge in [0.15, 0.2) is 6.61 Å². The first-order valence-corrected chi connectivity index (χ1v) is 12.0. The molecule has 32 heavy (non-hydrogen) atoms. The Hall–Kier alpha value is -3.12. The quantitative estimate of drug-likeness (QED) is 0.486. The number of carbonyl (C=O) groups is 1. The standard InChI is InChI=1S/C26H29NO4S/c1-5-20-15-17-21(18-16-20)27(32(29,30)22-11-7-6-8-12-22)25(28)19-31-24-14-10-9-13-23(24)26(2,3)4/h6-18H,5,19H2,1-4H3. The van der Waals surface area contributed by atoms with Crippen molar-refractivity contribution in [1.29, 1.82) is 0 Å². The van der Waals surface area contributed by atoms with Gasteiger partial charge >= 0.3 is 0 Å². The molecule has 0 radical (unpaired) electrons. The van der Waals surface area contributed by atoms with Gasteiger partial charge in [-0.25, -0.2) is 8.42 Å². The van der Waals surface area contributed by atoms with Crippen LogP contribution in [0.15, 0.2) is 83.8 Å². The molecule has 5 nitrogen and oxygen atoms in total. The Morgan fingerprint density at radius 2 is 1.47 bits per heavy atom. The molecule has 1 amide bonds. The number of hydrogen-bond acceptors (Lipinski definition) is 4. The first-order chi connectivity index (χ1) is 15.1. The predicted molar refractivity (Wildman–Crippen MR) is 128 cm³/mol. The molecule has 0 aromatic heterocycles. The zero-order valence-electron chi connectivity index (χ0n) is 18.9. The van der Waals surface area contributed by atoms with Crippen LogP contribution in [0.1, 0.15) is 38.8 Å². The maximum atomic E-state index is 13.4. The van der Waals surface area contributed by atoms with Crippen LogP contribution in [0.4, 0.5) is 5.69 Å². The van der Waals surface area contributed by atoms with Gasteiger partial charge in [0, 0.05) is 0 Å². The molecule has 0 aliphatic heterocycles. The van der Waals surface area contributed by atoms with Gasteiger partial charge in [0.1, 0.15) is 5.75 Å². The van der Waals surface area contributed by atoms with E-state index in [1.165, 1.54) is 12.1 Å².